The standard InChI is InChI=1S/C16H22N2O2/c1-3-17-16(13-6-7-20-10(13)2)11-4-5-14-12(8-11)9-15(19)18-14/h4-5,8,10,13,16-17H,3,6-7,9H2,1-2H3,(H,18,19). The molecule has 1 amide bonds. The van der Waals surface area contributed by atoms with Crippen LogP contribution in [0.25, 0.3) is 0 Å². The molecule has 2 aliphatic heterocycles. The van der Waals surface area contributed by atoms with Crippen LogP contribution in [0.5, 0.6) is 0 Å². The summed E-state index contributed by atoms with van der Waals surface area (Å²) in [5.41, 5.74) is 3.34. The third-order valence-electron chi connectivity index (χ3n) is 4.40. The monoisotopic (exact) mass is 274 g/mol. The zero-order chi connectivity index (χ0) is 14.1. The van der Waals surface area contributed by atoms with E-state index in [2.05, 4.69) is 36.6 Å². The molecule has 0 aliphatic carbocycles. The van der Waals surface area contributed by atoms with Gasteiger partial charge in [0.05, 0.1) is 12.5 Å². The Balaban J connectivity index is 1.88. The highest BCUT2D eigenvalue weighted by Gasteiger charge is 2.33. The van der Waals surface area contributed by atoms with E-state index < -0.39 is 0 Å². The molecule has 1 fully saturated rings. The number of carbonyl (C=O) groups excluding carboxylic acids is 1. The fourth-order valence-corrected chi connectivity index (χ4v) is 3.37. The zero-order valence-electron chi connectivity index (χ0n) is 12.1. The maximum Gasteiger partial charge on any atom is 0.228 e. The van der Waals surface area contributed by atoms with E-state index in [0.29, 0.717) is 18.4 Å². The topological polar surface area (TPSA) is 50.4 Å². The molecule has 0 bridgehead atoms. The summed E-state index contributed by atoms with van der Waals surface area (Å²) >= 11 is 0. The second kappa shape index (κ2) is 5.54. The van der Waals surface area contributed by atoms with Crippen molar-refractivity contribution in [2.45, 2.75) is 38.8 Å². The molecule has 2 heterocycles. The molecular weight excluding hydrogens is 252 g/mol. The van der Waals surface area contributed by atoms with Crippen LogP contribution >= 0.6 is 0 Å². The fourth-order valence-electron chi connectivity index (χ4n) is 3.37. The van der Waals surface area contributed by atoms with E-state index in [4.69, 9.17) is 4.74 Å². The van der Waals surface area contributed by atoms with E-state index in [1.54, 1.807) is 0 Å². The Bertz CT molecular complexity index is 515. The number of fused-ring (bicyclic) bond motifs is 1. The van der Waals surface area contributed by atoms with Gasteiger partial charge in [0.2, 0.25) is 5.91 Å². The molecule has 108 valence electrons. The van der Waals surface area contributed by atoms with Crippen LogP contribution in [0.1, 0.15) is 37.4 Å². The van der Waals surface area contributed by atoms with Crippen molar-refractivity contribution in [1.82, 2.24) is 5.32 Å². The van der Waals surface area contributed by atoms with Crippen LogP contribution in [0, 0.1) is 5.92 Å². The lowest BCUT2D eigenvalue weighted by atomic mass is 9.87. The molecule has 2 aliphatic rings. The Kier molecular flexibility index (Phi) is 3.76. The normalized spacial score (nSPS) is 26.4. The molecule has 3 atom stereocenters. The summed E-state index contributed by atoms with van der Waals surface area (Å²) in [5, 5.41) is 6.48. The molecule has 4 heteroatoms. The van der Waals surface area contributed by atoms with Crippen LogP contribution in [-0.2, 0) is 16.0 Å². The molecular formula is C16H22N2O2. The van der Waals surface area contributed by atoms with E-state index in [1.807, 2.05) is 6.07 Å². The number of ether oxygens (including phenoxy) is 1. The van der Waals surface area contributed by atoms with Gasteiger partial charge in [0.15, 0.2) is 0 Å². The minimum Gasteiger partial charge on any atom is -0.378 e. The van der Waals surface area contributed by atoms with Crippen LogP contribution in [0.4, 0.5) is 5.69 Å². The number of amides is 1. The second-order valence-electron chi connectivity index (χ2n) is 5.71. The van der Waals surface area contributed by atoms with Crippen LogP contribution in [-0.4, -0.2) is 25.2 Å². The van der Waals surface area contributed by atoms with Crippen molar-refractivity contribution >= 4 is 11.6 Å². The third kappa shape index (κ3) is 2.45. The Labute approximate surface area is 119 Å². The molecule has 1 aromatic rings. The van der Waals surface area contributed by atoms with Crippen molar-refractivity contribution in [3.63, 3.8) is 0 Å². The van der Waals surface area contributed by atoms with E-state index in [1.165, 1.54) is 5.56 Å². The maximum atomic E-state index is 11.5. The summed E-state index contributed by atoms with van der Waals surface area (Å²) in [6.07, 6.45) is 1.87. The van der Waals surface area contributed by atoms with Gasteiger partial charge in [-0.2, -0.15) is 0 Å². The molecule has 4 nitrogen and oxygen atoms in total. The predicted octanol–water partition coefficient (Wildman–Crippen LogP) is 2.26. The van der Waals surface area contributed by atoms with Crippen molar-refractivity contribution in [2.24, 2.45) is 5.92 Å². The average Bonchev–Trinajstić information content (AvgIpc) is 3.00. The number of anilines is 1. The number of hydrogen-bond acceptors (Lipinski definition) is 3. The molecule has 0 spiro atoms. The zero-order valence-corrected chi connectivity index (χ0v) is 12.1. The van der Waals surface area contributed by atoms with Gasteiger partial charge in [-0.25, -0.2) is 0 Å². The lowest BCUT2D eigenvalue weighted by Crippen LogP contribution is -2.31. The molecule has 0 aromatic heterocycles. The summed E-state index contributed by atoms with van der Waals surface area (Å²) in [7, 11) is 0. The molecule has 1 saturated heterocycles. The minimum atomic E-state index is 0.0923. The van der Waals surface area contributed by atoms with Gasteiger partial charge >= 0.3 is 0 Å². The molecule has 20 heavy (non-hydrogen) atoms. The Morgan fingerprint density at radius 2 is 2.35 bits per heavy atom. The minimum absolute atomic E-state index is 0.0923. The first-order chi connectivity index (χ1) is 9.69. The molecule has 2 N–H and O–H groups in total. The number of benzene rings is 1. The Hall–Kier alpha value is -1.39. The summed E-state index contributed by atoms with van der Waals surface area (Å²) < 4.78 is 5.72. The molecule has 0 saturated carbocycles. The van der Waals surface area contributed by atoms with E-state index in [9.17, 15) is 4.79 Å². The maximum absolute atomic E-state index is 11.5. The van der Waals surface area contributed by atoms with Gasteiger partial charge in [-0.15, -0.1) is 0 Å². The van der Waals surface area contributed by atoms with E-state index in [-0.39, 0.29) is 12.0 Å². The summed E-state index contributed by atoms with van der Waals surface area (Å²) in [6, 6.07) is 6.63. The van der Waals surface area contributed by atoms with Gasteiger partial charge in [0.25, 0.3) is 0 Å². The summed E-state index contributed by atoms with van der Waals surface area (Å²) in [4.78, 5) is 11.5. The van der Waals surface area contributed by atoms with Crippen LogP contribution < -0.4 is 10.6 Å². The fraction of sp³-hybridized carbons (Fsp3) is 0.562. The van der Waals surface area contributed by atoms with Crippen molar-refractivity contribution in [1.29, 1.82) is 0 Å². The van der Waals surface area contributed by atoms with E-state index in [0.717, 1.165) is 30.8 Å². The number of carbonyl (C=O) groups is 1. The number of hydrogen-bond donors (Lipinski definition) is 2. The first-order valence-electron chi connectivity index (χ1n) is 7.46. The molecule has 3 rings (SSSR count). The highest BCUT2D eigenvalue weighted by Crippen LogP contribution is 2.35. The first kappa shape index (κ1) is 13.6. The van der Waals surface area contributed by atoms with Crippen LogP contribution in [0.2, 0.25) is 0 Å². The third-order valence-corrected chi connectivity index (χ3v) is 4.40. The van der Waals surface area contributed by atoms with Gasteiger partial charge in [-0.05, 0) is 37.1 Å². The predicted molar refractivity (Wildman–Crippen MR) is 78.7 cm³/mol. The quantitative estimate of drug-likeness (QED) is 0.885. The second-order valence-corrected chi connectivity index (χ2v) is 5.71. The average molecular weight is 274 g/mol. The van der Waals surface area contributed by atoms with Crippen molar-refractivity contribution in [3.8, 4) is 0 Å². The number of rotatable bonds is 4. The van der Waals surface area contributed by atoms with Gasteiger partial charge in [0.1, 0.15) is 0 Å². The van der Waals surface area contributed by atoms with Gasteiger partial charge in [-0.1, -0.05) is 19.1 Å². The molecule has 1 aromatic carbocycles. The van der Waals surface area contributed by atoms with Crippen LogP contribution in [0.3, 0.4) is 0 Å². The van der Waals surface area contributed by atoms with Gasteiger partial charge < -0.3 is 15.4 Å². The van der Waals surface area contributed by atoms with Crippen molar-refractivity contribution in [2.75, 3.05) is 18.5 Å². The largest absolute Gasteiger partial charge is 0.378 e. The van der Waals surface area contributed by atoms with Gasteiger partial charge in [-0.3, -0.25) is 4.79 Å². The van der Waals surface area contributed by atoms with Gasteiger partial charge in [0, 0.05) is 24.3 Å². The number of nitrogens with one attached hydrogen (secondary N) is 2. The van der Waals surface area contributed by atoms with Crippen LogP contribution in [0.15, 0.2) is 18.2 Å². The molecule has 3 unspecified atom stereocenters. The highest BCUT2D eigenvalue weighted by atomic mass is 16.5. The Morgan fingerprint density at radius 1 is 1.50 bits per heavy atom. The summed E-state index contributed by atoms with van der Waals surface area (Å²) in [5.74, 6) is 0.591. The van der Waals surface area contributed by atoms with E-state index >= 15 is 0 Å². The highest BCUT2D eigenvalue weighted by molar-refractivity contribution is 5.99. The first-order valence-corrected chi connectivity index (χ1v) is 7.46. The van der Waals surface area contributed by atoms with Crippen molar-refractivity contribution < 1.29 is 9.53 Å². The lowest BCUT2D eigenvalue weighted by molar-refractivity contribution is -0.115. The SMILES string of the molecule is CCNC(c1ccc2c(c1)CC(=O)N2)C1CCOC1C. The smallest absolute Gasteiger partial charge is 0.228 e. The lowest BCUT2D eigenvalue weighted by Gasteiger charge is -2.27. The molecule has 0 radical (unpaired) electrons. The Morgan fingerprint density at radius 3 is 3.05 bits per heavy atom. The summed E-state index contributed by atoms with van der Waals surface area (Å²) in [6.45, 7) is 6.06. The van der Waals surface area contributed by atoms with Crippen molar-refractivity contribution in [3.05, 3.63) is 29.3 Å².